The fourth-order valence-corrected chi connectivity index (χ4v) is 2.04. The third kappa shape index (κ3) is 3.30. The predicted octanol–water partition coefficient (Wildman–Crippen LogP) is 3.66. The smallest absolute Gasteiger partial charge is 0.0774 e. The van der Waals surface area contributed by atoms with E-state index in [2.05, 4.69) is 12.1 Å². The summed E-state index contributed by atoms with van der Waals surface area (Å²) in [5.74, 6) is 0. The number of hydrogen-bond donors (Lipinski definition) is 1. The van der Waals surface area contributed by atoms with Crippen LogP contribution in [0.4, 0.5) is 0 Å². The van der Waals surface area contributed by atoms with Crippen molar-refractivity contribution < 1.29 is 5.11 Å². The molecule has 1 aromatic carbocycles. The molecule has 0 unspecified atom stereocenters. The molecule has 1 N–H and O–H groups in total. The molecule has 5 heteroatoms. The molecule has 0 bridgehead atoms. The molecule has 0 radical (unpaired) electrons. The summed E-state index contributed by atoms with van der Waals surface area (Å²) < 4.78 is 1.25. The van der Waals surface area contributed by atoms with Crippen LogP contribution in [-0.4, -0.2) is 5.11 Å². The van der Waals surface area contributed by atoms with E-state index in [9.17, 15) is 0 Å². The van der Waals surface area contributed by atoms with E-state index in [-0.39, 0.29) is 43.8 Å². The molecule has 14 heavy (non-hydrogen) atoms. The fraction of sp³-hybridized carbons (Fsp3) is 0.111. The number of aliphatic hydroxyl groups is 1. The first-order valence-corrected chi connectivity index (χ1v) is 4.30. The zero-order valence-electron chi connectivity index (χ0n) is 7.17. The molecular formula is C9H11Cl3OS. The summed E-state index contributed by atoms with van der Waals surface area (Å²) in [6.07, 6.45) is 0. The van der Waals surface area contributed by atoms with Gasteiger partial charge >= 0.3 is 0 Å². The van der Waals surface area contributed by atoms with Crippen molar-refractivity contribution in [3.05, 3.63) is 35.2 Å². The third-order valence-corrected chi connectivity index (χ3v) is 2.73. The fourth-order valence-electron chi connectivity index (χ4n) is 1.11. The Kier molecular flexibility index (Phi) is 8.60. The van der Waals surface area contributed by atoms with Gasteiger partial charge in [-0.1, -0.05) is 18.2 Å². The summed E-state index contributed by atoms with van der Waals surface area (Å²) in [4.78, 5) is 1.03. The quantitative estimate of drug-likeness (QED) is 0.841. The zero-order valence-corrected chi connectivity index (χ0v) is 10.4. The maximum atomic E-state index is 8.85. The van der Waals surface area contributed by atoms with E-state index in [1.807, 2.05) is 18.2 Å². The van der Waals surface area contributed by atoms with Crippen LogP contribution in [0, 0.1) is 0 Å². The van der Waals surface area contributed by atoms with E-state index in [4.69, 9.17) is 5.11 Å². The first-order valence-electron chi connectivity index (χ1n) is 3.48. The van der Waals surface area contributed by atoms with Gasteiger partial charge in [0.15, 0.2) is 0 Å². The molecule has 1 aromatic heterocycles. The minimum atomic E-state index is 0. The first kappa shape index (κ1) is 16.4. The van der Waals surface area contributed by atoms with E-state index in [0.29, 0.717) is 0 Å². The number of rotatable bonds is 1. The van der Waals surface area contributed by atoms with Gasteiger partial charge in [0, 0.05) is 9.58 Å². The van der Waals surface area contributed by atoms with E-state index >= 15 is 0 Å². The van der Waals surface area contributed by atoms with Crippen molar-refractivity contribution in [3.63, 3.8) is 0 Å². The van der Waals surface area contributed by atoms with Crippen LogP contribution >= 0.6 is 48.6 Å². The Morgan fingerprint density at radius 3 is 2.29 bits per heavy atom. The normalized spacial score (nSPS) is 8.36. The van der Waals surface area contributed by atoms with Crippen LogP contribution in [0.2, 0.25) is 0 Å². The monoisotopic (exact) mass is 272 g/mol. The number of hydrogen-bond acceptors (Lipinski definition) is 2. The number of thiophene rings is 1. The molecule has 1 heterocycles. The Bertz CT molecular complexity index is 342. The molecule has 0 aliphatic rings. The Hall–Kier alpha value is 0.01000. The molecule has 2 aromatic rings. The van der Waals surface area contributed by atoms with Crippen molar-refractivity contribution in [1.82, 2.24) is 0 Å². The molecule has 0 aliphatic carbocycles. The lowest BCUT2D eigenvalue weighted by Gasteiger charge is -1.82. The van der Waals surface area contributed by atoms with E-state index in [1.54, 1.807) is 11.3 Å². The molecule has 0 atom stereocenters. The number of fused-ring (bicyclic) bond motifs is 1. The van der Waals surface area contributed by atoms with Crippen molar-refractivity contribution in [2.45, 2.75) is 6.61 Å². The molecular weight excluding hydrogens is 263 g/mol. The maximum absolute atomic E-state index is 8.85. The highest BCUT2D eigenvalue weighted by Crippen LogP contribution is 2.24. The van der Waals surface area contributed by atoms with E-state index < -0.39 is 0 Å². The zero-order chi connectivity index (χ0) is 7.68. The lowest BCUT2D eigenvalue weighted by molar-refractivity contribution is 0.285. The highest BCUT2D eigenvalue weighted by Gasteiger charge is 1.97. The molecule has 0 fully saturated rings. The van der Waals surface area contributed by atoms with Crippen LogP contribution in [0.5, 0.6) is 0 Å². The van der Waals surface area contributed by atoms with Gasteiger partial charge in [-0.15, -0.1) is 48.6 Å². The SMILES string of the molecule is Cl.Cl.Cl.OCc1cc2ccccc2s1. The molecule has 80 valence electrons. The molecule has 0 amide bonds. The summed E-state index contributed by atoms with van der Waals surface area (Å²) in [7, 11) is 0. The molecule has 0 aliphatic heterocycles. The average Bonchev–Trinajstić information content (AvgIpc) is 2.46. The third-order valence-electron chi connectivity index (χ3n) is 1.63. The molecule has 2 rings (SSSR count). The topological polar surface area (TPSA) is 20.2 Å². The second-order valence-electron chi connectivity index (χ2n) is 2.41. The van der Waals surface area contributed by atoms with Gasteiger partial charge in [-0.25, -0.2) is 0 Å². The minimum Gasteiger partial charge on any atom is -0.391 e. The van der Waals surface area contributed by atoms with Crippen LogP contribution in [0.15, 0.2) is 30.3 Å². The van der Waals surface area contributed by atoms with Crippen LogP contribution in [-0.2, 0) is 6.61 Å². The number of aliphatic hydroxyl groups excluding tert-OH is 1. The Morgan fingerprint density at radius 1 is 1.07 bits per heavy atom. The van der Waals surface area contributed by atoms with Crippen molar-refractivity contribution in [3.8, 4) is 0 Å². The molecule has 0 saturated heterocycles. The highest BCUT2D eigenvalue weighted by atomic mass is 35.5. The summed E-state index contributed by atoms with van der Waals surface area (Å²) in [6.45, 7) is 0.152. The van der Waals surface area contributed by atoms with E-state index in [0.717, 1.165) is 4.88 Å². The standard InChI is InChI=1S/C9H8OS.3ClH/c10-6-8-5-7-3-1-2-4-9(7)11-8;;;/h1-5,10H,6H2;3*1H. The Balaban J connectivity index is 0. The van der Waals surface area contributed by atoms with Gasteiger partial charge in [0.1, 0.15) is 0 Å². The number of halogens is 3. The van der Waals surface area contributed by atoms with Gasteiger partial charge in [0.25, 0.3) is 0 Å². The summed E-state index contributed by atoms with van der Waals surface area (Å²) in [5, 5.41) is 10.1. The predicted molar refractivity (Wildman–Crippen MR) is 69.5 cm³/mol. The largest absolute Gasteiger partial charge is 0.391 e. The van der Waals surface area contributed by atoms with Gasteiger partial charge in [0.05, 0.1) is 6.61 Å². The van der Waals surface area contributed by atoms with Gasteiger partial charge in [0.2, 0.25) is 0 Å². The highest BCUT2D eigenvalue weighted by molar-refractivity contribution is 7.19. The van der Waals surface area contributed by atoms with Crippen molar-refractivity contribution in [2.75, 3.05) is 0 Å². The van der Waals surface area contributed by atoms with Gasteiger partial charge in [-0.2, -0.15) is 0 Å². The van der Waals surface area contributed by atoms with E-state index in [1.165, 1.54) is 10.1 Å². The van der Waals surface area contributed by atoms with Crippen LogP contribution in [0.1, 0.15) is 4.88 Å². The summed E-state index contributed by atoms with van der Waals surface area (Å²) in [6, 6.07) is 10.2. The lowest BCUT2D eigenvalue weighted by atomic mass is 10.2. The second-order valence-corrected chi connectivity index (χ2v) is 3.58. The number of benzene rings is 1. The molecule has 0 saturated carbocycles. The van der Waals surface area contributed by atoms with Gasteiger partial charge < -0.3 is 5.11 Å². The van der Waals surface area contributed by atoms with Crippen LogP contribution < -0.4 is 0 Å². The van der Waals surface area contributed by atoms with Crippen molar-refractivity contribution in [2.24, 2.45) is 0 Å². The molecule has 1 nitrogen and oxygen atoms in total. The van der Waals surface area contributed by atoms with Crippen molar-refractivity contribution in [1.29, 1.82) is 0 Å². The van der Waals surface area contributed by atoms with Crippen molar-refractivity contribution >= 4 is 58.6 Å². The van der Waals surface area contributed by atoms with Crippen LogP contribution in [0.3, 0.4) is 0 Å². The second kappa shape index (κ2) is 7.32. The summed E-state index contributed by atoms with van der Waals surface area (Å²) >= 11 is 1.65. The maximum Gasteiger partial charge on any atom is 0.0774 e. The van der Waals surface area contributed by atoms with Gasteiger partial charge in [-0.05, 0) is 17.5 Å². The van der Waals surface area contributed by atoms with Gasteiger partial charge in [-0.3, -0.25) is 0 Å². The average molecular weight is 274 g/mol. The Labute approximate surface area is 105 Å². The molecule has 0 spiro atoms. The Morgan fingerprint density at radius 2 is 1.71 bits per heavy atom. The summed E-state index contributed by atoms with van der Waals surface area (Å²) in [5.41, 5.74) is 0. The first-order chi connectivity index (χ1) is 5.40. The lowest BCUT2D eigenvalue weighted by Crippen LogP contribution is -1.69. The van der Waals surface area contributed by atoms with Crippen LogP contribution in [0.25, 0.3) is 10.1 Å². The minimum absolute atomic E-state index is 0.